The fraction of sp³-hybridized carbons (Fsp3) is 1.00. The fourth-order valence-corrected chi connectivity index (χ4v) is 0.354. The first-order chi connectivity index (χ1) is 5.10. The molecule has 0 aliphatic carbocycles. The van der Waals surface area contributed by atoms with Gasteiger partial charge in [-0.2, -0.15) is 22.0 Å². The average Bonchev–Trinajstić information content (AvgIpc) is 1.83. The molecule has 0 saturated carbocycles. The lowest BCUT2D eigenvalue weighted by atomic mass is 10.1. The predicted molar refractivity (Wildman–Crippen MR) is 25.0 cm³/mol. The van der Waals surface area contributed by atoms with Crippen LogP contribution in [0.5, 0.6) is 0 Å². The monoisotopic (exact) mass is 199 g/mol. The lowest BCUT2D eigenvalue weighted by molar-refractivity contribution is -0.238. The van der Waals surface area contributed by atoms with Gasteiger partial charge >= 0.3 is 18.5 Å². The lowest BCUT2D eigenvalue weighted by Gasteiger charge is -2.24. The summed E-state index contributed by atoms with van der Waals surface area (Å²) in [6.45, 7) is 0. The Balaban J connectivity index is 4.57. The minimum Gasteiger partial charge on any atom is -0.315 e. The van der Waals surface area contributed by atoms with Crippen molar-refractivity contribution in [1.82, 2.24) is 0 Å². The molecule has 0 amide bonds. The minimum atomic E-state index is -5.53. The summed E-state index contributed by atoms with van der Waals surface area (Å²) in [6, 6.07) is -3.83. The van der Waals surface area contributed by atoms with Gasteiger partial charge in [-0.1, -0.05) is 0 Å². The van der Waals surface area contributed by atoms with E-state index in [0.29, 0.717) is 0 Å². The number of rotatable bonds is 2. The second kappa shape index (κ2) is 3.08. The summed E-state index contributed by atoms with van der Waals surface area (Å²) in [7, 11) is 0. The van der Waals surface area contributed by atoms with Crippen LogP contribution < -0.4 is 5.73 Å². The standard InChI is InChI=1S/C4H4F7N/c5-2(6)3(7,8)1(12)4(9,10)11/h1-2H,12H2. The molecule has 0 saturated heterocycles. The van der Waals surface area contributed by atoms with E-state index >= 15 is 0 Å². The van der Waals surface area contributed by atoms with Crippen LogP contribution in [0.2, 0.25) is 0 Å². The van der Waals surface area contributed by atoms with E-state index in [9.17, 15) is 30.7 Å². The molecular formula is C4H4F7N. The highest BCUT2D eigenvalue weighted by molar-refractivity contribution is 4.88. The molecule has 0 aliphatic rings. The molecule has 0 heterocycles. The van der Waals surface area contributed by atoms with Crippen LogP contribution in [-0.4, -0.2) is 24.6 Å². The van der Waals surface area contributed by atoms with Gasteiger partial charge in [0.2, 0.25) is 0 Å². The first kappa shape index (κ1) is 11.5. The Morgan fingerprint density at radius 2 is 1.25 bits per heavy atom. The summed E-state index contributed by atoms with van der Waals surface area (Å²) in [4.78, 5) is 0. The Labute approximate surface area is 62.3 Å². The molecule has 2 N–H and O–H groups in total. The highest BCUT2D eigenvalue weighted by Gasteiger charge is 2.58. The van der Waals surface area contributed by atoms with Crippen molar-refractivity contribution >= 4 is 0 Å². The van der Waals surface area contributed by atoms with Crippen LogP contribution in [0.4, 0.5) is 30.7 Å². The Morgan fingerprint density at radius 3 is 1.33 bits per heavy atom. The van der Waals surface area contributed by atoms with Crippen molar-refractivity contribution in [2.45, 2.75) is 24.6 Å². The summed E-state index contributed by atoms with van der Waals surface area (Å²) in [5.41, 5.74) is 3.87. The van der Waals surface area contributed by atoms with Crippen LogP contribution in [0.15, 0.2) is 0 Å². The predicted octanol–water partition coefficient (Wildman–Crippen LogP) is 1.78. The third-order valence-electron chi connectivity index (χ3n) is 1.06. The molecule has 0 bridgehead atoms. The molecule has 12 heavy (non-hydrogen) atoms. The molecule has 1 atom stereocenters. The summed E-state index contributed by atoms with van der Waals surface area (Å²) < 4.78 is 80.3. The molecule has 0 aromatic heterocycles. The third-order valence-corrected chi connectivity index (χ3v) is 1.06. The van der Waals surface area contributed by atoms with Crippen molar-refractivity contribution in [3.05, 3.63) is 0 Å². The third kappa shape index (κ3) is 2.23. The number of hydrogen-bond donors (Lipinski definition) is 1. The number of hydrogen-bond acceptors (Lipinski definition) is 1. The summed E-state index contributed by atoms with van der Waals surface area (Å²) in [5, 5.41) is 0. The van der Waals surface area contributed by atoms with Crippen molar-refractivity contribution in [2.24, 2.45) is 5.73 Å². The maximum atomic E-state index is 11.8. The van der Waals surface area contributed by atoms with Crippen molar-refractivity contribution in [2.75, 3.05) is 0 Å². The van der Waals surface area contributed by atoms with E-state index in [4.69, 9.17) is 0 Å². The van der Waals surface area contributed by atoms with Crippen LogP contribution >= 0.6 is 0 Å². The van der Waals surface area contributed by atoms with Crippen LogP contribution in [0.25, 0.3) is 0 Å². The summed E-state index contributed by atoms with van der Waals surface area (Å²) in [5.74, 6) is -5.24. The highest BCUT2D eigenvalue weighted by atomic mass is 19.4. The Hall–Kier alpha value is -0.530. The van der Waals surface area contributed by atoms with Gasteiger partial charge in [0, 0.05) is 0 Å². The summed E-state index contributed by atoms with van der Waals surface area (Å²) in [6.07, 6.45) is -9.95. The second-order valence-electron chi connectivity index (χ2n) is 1.99. The average molecular weight is 199 g/mol. The minimum absolute atomic E-state index is 3.83. The molecule has 0 aromatic carbocycles. The molecule has 0 aliphatic heterocycles. The topological polar surface area (TPSA) is 26.0 Å². The molecule has 1 nitrogen and oxygen atoms in total. The van der Waals surface area contributed by atoms with Crippen molar-refractivity contribution in [3.63, 3.8) is 0 Å². The van der Waals surface area contributed by atoms with E-state index in [1.807, 2.05) is 0 Å². The Morgan fingerprint density at radius 1 is 0.917 bits per heavy atom. The zero-order valence-electron chi connectivity index (χ0n) is 5.38. The molecule has 8 heteroatoms. The van der Waals surface area contributed by atoms with E-state index in [1.165, 1.54) is 0 Å². The van der Waals surface area contributed by atoms with Gasteiger partial charge in [-0.05, 0) is 0 Å². The van der Waals surface area contributed by atoms with E-state index in [-0.39, 0.29) is 0 Å². The van der Waals surface area contributed by atoms with E-state index < -0.39 is 24.6 Å². The molecule has 0 radical (unpaired) electrons. The van der Waals surface area contributed by atoms with Gasteiger partial charge in [0.05, 0.1) is 0 Å². The van der Waals surface area contributed by atoms with Gasteiger partial charge in [0.25, 0.3) is 0 Å². The maximum absolute atomic E-state index is 11.8. The van der Waals surface area contributed by atoms with Crippen molar-refractivity contribution in [3.8, 4) is 0 Å². The molecule has 0 rings (SSSR count). The van der Waals surface area contributed by atoms with Crippen LogP contribution in [0.1, 0.15) is 0 Å². The quantitative estimate of drug-likeness (QED) is 0.674. The highest BCUT2D eigenvalue weighted by Crippen LogP contribution is 2.34. The number of alkyl halides is 7. The first-order valence-electron chi connectivity index (χ1n) is 2.58. The van der Waals surface area contributed by atoms with Gasteiger partial charge in [-0.3, -0.25) is 0 Å². The van der Waals surface area contributed by atoms with Crippen LogP contribution in [0.3, 0.4) is 0 Å². The number of nitrogens with two attached hydrogens (primary N) is 1. The van der Waals surface area contributed by atoms with Crippen molar-refractivity contribution < 1.29 is 30.7 Å². The van der Waals surface area contributed by atoms with Crippen LogP contribution in [-0.2, 0) is 0 Å². The van der Waals surface area contributed by atoms with Crippen LogP contribution in [0, 0.1) is 0 Å². The van der Waals surface area contributed by atoms with Crippen molar-refractivity contribution in [1.29, 1.82) is 0 Å². The maximum Gasteiger partial charge on any atom is 0.409 e. The SMILES string of the molecule is NC(C(F)(F)F)C(F)(F)C(F)F. The first-order valence-corrected chi connectivity index (χ1v) is 2.58. The molecule has 0 aromatic rings. The molecule has 74 valence electrons. The Kier molecular flexibility index (Phi) is 2.94. The normalized spacial score (nSPS) is 16.8. The van der Waals surface area contributed by atoms with Gasteiger partial charge in [-0.15, -0.1) is 0 Å². The Bertz CT molecular complexity index is 150. The van der Waals surface area contributed by atoms with E-state index in [2.05, 4.69) is 5.73 Å². The molecule has 0 spiro atoms. The molecule has 1 unspecified atom stereocenters. The van der Waals surface area contributed by atoms with Gasteiger partial charge in [0.1, 0.15) is 0 Å². The zero-order chi connectivity index (χ0) is 10.2. The lowest BCUT2D eigenvalue weighted by Crippen LogP contribution is -2.55. The number of halogens is 7. The summed E-state index contributed by atoms with van der Waals surface area (Å²) >= 11 is 0. The largest absolute Gasteiger partial charge is 0.409 e. The van der Waals surface area contributed by atoms with E-state index in [1.54, 1.807) is 0 Å². The second-order valence-corrected chi connectivity index (χ2v) is 1.99. The van der Waals surface area contributed by atoms with Gasteiger partial charge < -0.3 is 5.73 Å². The smallest absolute Gasteiger partial charge is 0.315 e. The van der Waals surface area contributed by atoms with Gasteiger partial charge in [-0.25, -0.2) is 8.78 Å². The van der Waals surface area contributed by atoms with E-state index in [0.717, 1.165) is 0 Å². The molecular weight excluding hydrogens is 195 g/mol. The fourth-order valence-electron chi connectivity index (χ4n) is 0.354. The zero-order valence-corrected chi connectivity index (χ0v) is 5.38. The van der Waals surface area contributed by atoms with Gasteiger partial charge in [0.15, 0.2) is 6.04 Å². The molecule has 0 fully saturated rings.